The van der Waals surface area contributed by atoms with Crippen LogP contribution < -0.4 is 10.6 Å². The molecule has 0 aliphatic carbocycles. The minimum absolute atomic E-state index is 0.169. The summed E-state index contributed by atoms with van der Waals surface area (Å²) < 4.78 is 0.741. The van der Waals surface area contributed by atoms with Crippen molar-refractivity contribution in [1.82, 2.24) is 5.32 Å². The molecule has 0 saturated heterocycles. The first-order valence-corrected chi connectivity index (χ1v) is 9.84. The van der Waals surface area contributed by atoms with Gasteiger partial charge in [-0.1, -0.05) is 70.0 Å². The van der Waals surface area contributed by atoms with Crippen LogP contribution >= 0.6 is 27.5 Å². The zero-order chi connectivity index (χ0) is 20.1. The number of hydrogen-bond acceptors (Lipinski definition) is 2. The van der Waals surface area contributed by atoms with Gasteiger partial charge in [-0.05, 0) is 42.8 Å². The van der Waals surface area contributed by atoms with Crippen molar-refractivity contribution in [1.29, 1.82) is 0 Å². The minimum atomic E-state index is -0.386. The molecule has 1 atom stereocenters. The van der Waals surface area contributed by atoms with Gasteiger partial charge in [0.15, 0.2) is 0 Å². The Balaban J connectivity index is 1.80. The number of anilines is 1. The Labute approximate surface area is 177 Å². The third kappa shape index (κ3) is 4.80. The molecular weight excluding hydrogens is 440 g/mol. The summed E-state index contributed by atoms with van der Waals surface area (Å²) in [5.74, 6) is -0.657. The van der Waals surface area contributed by atoms with Gasteiger partial charge in [0.25, 0.3) is 11.8 Å². The molecule has 0 spiro atoms. The van der Waals surface area contributed by atoms with Crippen LogP contribution in [-0.2, 0) is 0 Å². The molecule has 0 fully saturated rings. The Morgan fingerprint density at radius 2 is 1.57 bits per heavy atom. The lowest BCUT2D eigenvalue weighted by Crippen LogP contribution is -2.28. The summed E-state index contributed by atoms with van der Waals surface area (Å²) >= 11 is 9.47. The van der Waals surface area contributed by atoms with Crippen molar-refractivity contribution in [3.8, 4) is 0 Å². The third-order valence-corrected chi connectivity index (χ3v) is 5.06. The topological polar surface area (TPSA) is 58.2 Å². The van der Waals surface area contributed by atoms with Crippen LogP contribution in [0, 0.1) is 0 Å². The highest BCUT2D eigenvalue weighted by Crippen LogP contribution is 2.24. The van der Waals surface area contributed by atoms with Crippen LogP contribution in [0.3, 0.4) is 0 Å². The quantitative estimate of drug-likeness (QED) is 0.505. The van der Waals surface area contributed by atoms with E-state index in [2.05, 4.69) is 26.6 Å². The fourth-order valence-corrected chi connectivity index (χ4v) is 3.32. The third-order valence-electron chi connectivity index (χ3n) is 4.24. The van der Waals surface area contributed by atoms with Crippen LogP contribution in [0.15, 0.2) is 77.3 Å². The summed E-state index contributed by atoms with van der Waals surface area (Å²) in [5, 5.41) is 6.08. The van der Waals surface area contributed by atoms with Crippen molar-refractivity contribution < 1.29 is 9.59 Å². The van der Waals surface area contributed by atoms with Crippen molar-refractivity contribution in [2.24, 2.45) is 0 Å². The molecule has 0 aliphatic rings. The first kappa shape index (κ1) is 20.1. The Morgan fingerprint density at radius 3 is 2.32 bits per heavy atom. The fraction of sp³-hybridized carbons (Fsp3) is 0.0909. The number of nitrogens with one attached hydrogen (secondary N) is 2. The monoisotopic (exact) mass is 456 g/mol. The van der Waals surface area contributed by atoms with Gasteiger partial charge in [-0.15, -0.1) is 0 Å². The average Bonchev–Trinajstić information content (AvgIpc) is 2.70. The summed E-state index contributed by atoms with van der Waals surface area (Å²) in [6.07, 6.45) is 0. The first-order valence-electron chi connectivity index (χ1n) is 8.67. The number of carbonyl (C=O) groups is 2. The Morgan fingerprint density at radius 1 is 0.893 bits per heavy atom. The van der Waals surface area contributed by atoms with E-state index in [1.807, 2.05) is 37.3 Å². The maximum atomic E-state index is 12.8. The molecule has 0 heterocycles. The van der Waals surface area contributed by atoms with E-state index in [-0.39, 0.29) is 17.9 Å². The SMILES string of the molecule is CC(NC(=O)c1ccccc1NC(=O)c1cc(Br)ccc1Cl)c1ccccc1. The number of carbonyl (C=O) groups excluding carboxylic acids is 2. The Kier molecular flexibility index (Phi) is 6.49. The lowest BCUT2D eigenvalue weighted by Gasteiger charge is -2.16. The maximum Gasteiger partial charge on any atom is 0.257 e. The van der Waals surface area contributed by atoms with E-state index >= 15 is 0 Å². The lowest BCUT2D eigenvalue weighted by molar-refractivity contribution is 0.0941. The average molecular weight is 458 g/mol. The van der Waals surface area contributed by atoms with Crippen LogP contribution in [-0.4, -0.2) is 11.8 Å². The molecule has 0 radical (unpaired) electrons. The molecule has 0 bridgehead atoms. The van der Waals surface area contributed by atoms with Crippen LogP contribution in [0.1, 0.15) is 39.2 Å². The van der Waals surface area contributed by atoms with Crippen molar-refractivity contribution in [2.75, 3.05) is 5.32 Å². The summed E-state index contributed by atoms with van der Waals surface area (Å²) in [5.41, 5.74) is 2.12. The van der Waals surface area contributed by atoms with Gasteiger partial charge in [-0.3, -0.25) is 9.59 Å². The first-order chi connectivity index (χ1) is 13.5. The van der Waals surface area contributed by atoms with Gasteiger partial charge < -0.3 is 10.6 Å². The predicted octanol–water partition coefficient (Wildman–Crippen LogP) is 5.85. The largest absolute Gasteiger partial charge is 0.345 e. The number of amides is 2. The van der Waals surface area contributed by atoms with Crippen LogP contribution in [0.2, 0.25) is 5.02 Å². The van der Waals surface area contributed by atoms with E-state index in [0.717, 1.165) is 10.0 Å². The number of halogens is 2. The summed E-state index contributed by atoms with van der Waals surface area (Å²) in [7, 11) is 0. The molecule has 2 amide bonds. The molecule has 3 aromatic rings. The molecular formula is C22H18BrClN2O2. The summed E-state index contributed by atoms with van der Waals surface area (Å²) in [6, 6.07) is 21.4. The van der Waals surface area contributed by atoms with Gasteiger partial charge in [0.05, 0.1) is 27.9 Å². The van der Waals surface area contributed by atoms with Gasteiger partial charge in [-0.2, -0.15) is 0 Å². The van der Waals surface area contributed by atoms with Crippen LogP contribution in [0.5, 0.6) is 0 Å². The summed E-state index contributed by atoms with van der Waals surface area (Å²) in [6.45, 7) is 1.91. The van der Waals surface area contributed by atoms with E-state index in [4.69, 9.17) is 11.6 Å². The zero-order valence-electron chi connectivity index (χ0n) is 15.1. The van der Waals surface area contributed by atoms with E-state index in [1.165, 1.54) is 0 Å². The number of rotatable bonds is 5. The molecule has 0 aromatic heterocycles. The molecule has 142 valence electrons. The standard InChI is InChI=1S/C22H18BrClN2O2/c1-14(15-7-3-2-4-8-15)25-21(27)17-9-5-6-10-20(17)26-22(28)18-13-16(23)11-12-19(18)24/h2-14H,1H3,(H,25,27)(H,26,28). The predicted molar refractivity (Wildman–Crippen MR) is 116 cm³/mol. The second-order valence-electron chi connectivity index (χ2n) is 6.23. The van der Waals surface area contributed by atoms with Gasteiger partial charge in [0, 0.05) is 4.47 Å². The van der Waals surface area contributed by atoms with Gasteiger partial charge in [0.2, 0.25) is 0 Å². The molecule has 0 saturated carbocycles. The second-order valence-corrected chi connectivity index (χ2v) is 7.55. The Bertz CT molecular complexity index is 1010. The molecule has 4 nitrogen and oxygen atoms in total. The van der Waals surface area contributed by atoms with Crippen LogP contribution in [0.25, 0.3) is 0 Å². The molecule has 6 heteroatoms. The number of hydrogen-bond donors (Lipinski definition) is 2. The van der Waals surface area contributed by atoms with Crippen molar-refractivity contribution in [3.05, 3.63) is 99.0 Å². The maximum absolute atomic E-state index is 12.8. The molecule has 28 heavy (non-hydrogen) atoms. The van der Waals surface area contributed by atoms with Crippen molar-refractivity contribution in [2.45, 2.75) is 13.0 Å². The molecule has 3 aromatic carbocycles. The highest BCUT2D eigenvalue weighted by molar-refractivity contribution is 9.10. The molecule has 2 N–H and O–H groups in total. The molecule has 0 aliphatic heterocycles. The van der Waals surface area contributed by atoms with Gasteiger partial charge >= 0.3 is 0 Å². The molecule has 3 rings (SSSR count). The van der Waals surface area contributed by atoms with E-state index in [0.29, 0.717) is 21.8 Å². The van der Waals surface area contributed by atoms with Crippen molar-refractivity contribution in [3.63, 3.8) is 0 Å². The van der Waals surface area contributed by atoms with Gasteiger partial charge in [-0.25, -0.2) is 0 Å². The van der Waals surface area contributed by atoms with E-state index in [9.17, 15) is 9.59 Å². The highest BCUT2D eigenvalue weighted by atomic mass is 79.9. The smallest absolute Gasteiger partial charge is 0.257 e. The van der Waals surface area contributed by atoms with E-state index < -0.39 is 0 Å². The number of benzene rings is 3. The van der Waals surface area contributed by atoms with Crippen LogP contribution in [0.4, 0.5) is 5.69 Å². The van der Waals surface area contributed by atoms with Gasteiger partial charge in [0.1, 0.15) is 0 Å². The zero-order valence-corrected chi connectivity index (χ0v) is 17.4. The fourth-order valence-electron chi connectivity index (χ4n) is 2.75. The second kappa shape index (κ2) is 9.04. The highest BCUT2D eigenvalue weighted by Gasteiger charge is 2.17. The normalized spacial score (nSPS) is 11.5. The number of para-hydroxylation sites is 1. The van der Waals surface area contributed by atoms with Crippen molar-refractivity contribution >= 4 is 45.0 Å². The Hall–Kier alpha value is -2.63. The molecule has 1 unspecified atom stereocenters. The minimum Gasteiger partial charge on any atom is -0.345 e. The van der Waals surface area contributed by atoms with E-state index in [1.54, 1.807) is 42.5 Å². The summed E-state index contributed by atoms with van der Waals surface area (Å²) in [4.78, 5) is 25.4. The lowest BCUT2D eigenvalue weighted by atomic mass is 10.1.